The van der Waals surface area contributed by atoms with Crippen LogP contribution in [0.1, 0.15) is 22.8 Å². The minimum atomic E-state index is -0.729. The van der Waals surface area contributed by atoms with E-state index in [1.165, 1.54) is 18.2 Å². The molecule has 0 atom stereocenters. The number of para-hydroxylation sites is 1. The molecule has 0 unspecified atom stereocenters. The van der Waals surface area contributed by atoms with E-state index in [1.54, 1.807) is 12.1 Å². The van der Waals surface area contributed by atoms with Gasteiger partial charge in [0.25, 0.3) is 11.8 Å². The molecule has 3 rings (SSSR count). The lowest BCUT2D eigenvalue weighted by Crippen LogP contribution is -2.36. The van der Waals surface area contributed by atoms with E-state index in [0.29, 0.717) is 0 Å². The van der Waals surface area contributed by atoms with Crippen LogP contribution in [0.3, 0.4) is 0 Å². The average molecular weight is 395 g/mol. The van der Waals surface area contributed by atoms with Gasteiger partial charge in [0.15, 0.2) is 0 Å². The Hall–Kier alpha value is -3.45. The number of aryl methyl sites for hydroxylation is 1. The quantitative estimate of drug-likeness (QED) is 0.538. The van der Waals surface area contributed by atoms with Crippen LogP contribution in [0.25, 0.3) is 17.0 Å². The molecule has 2 amide bonds. The summed E-state index contributed by atoms with van der Waals surface area (Å²) in [5.41, 5.74) is 1.54. The number of hydrogen-bond donors (Lipinski definition) is 3. The molecule has 0 aliphatic carbocycles. The number of aromatic nitrogens is 1. The van der Waals surface area contributed by atoms with Gasteiger partial charge in [-0.1, -0.05) is 30.3 Å². The number of amides is 2. The summed E-state index contributed by atoms with van der Waals surface area (Å²) in [6.07, 6.45) is 3.44. The maximum absolute atomic E-state index is 14.0. The third-order valence-electron chi connectivity index (χ3n) is 4.47. The van der Waals surface area contributed by atoms with Crippen LogP contribution in [0, 0.1) is 5.82 Å². The highest BCUT2D eigenvalue weighted by atomic mass is 19.1. The molecule has 3 aromatic rings. The van der Waals surface area contributed by atoms with Crippen molar-refractivity contribution in [3.63, 3.8) is 0 Å². The molecule has 3 N–H and O–H groups in total. The molecule has 0 aliphatic heterocycles. The Morgan fingerprint density at radius 3 is 2.59 bits per heavy atom. The SMILES string of the molecule is CCn1cc(C=C(NC(=O)c2ccccc2F)C(=O)NCCO)c2ccccc21. The summed E-state index contributed by atoms with van der Waals surface area (Å²) in [6.45, 7) is 2.54. The van der Waals surface area contributed by atoms with Gasteiger partial charge in [-0.15, -0.1) is 0 Å². The number of aliphatic hydroxyl groups is 1. The Kier molecular flexibility index (Phi) is 6.41. The second-order valence-electron chi connectivity index (χ2n) is 6.36. The Balaban J connectivity index is 2.01. The minimum absolute atomic E-state index is 0.0302. The third-order valence-corrected chi connectivity index (χ3v) is 4.47. The van der Waals surface area contributed by atoms with Gasteiger partial charge < -0.3 is 20.3 Å². The van der Waals surface area contributed by atoms with Gasteiger partial charge in [-0.3, -0.25) is 9.59 Å². The minimum Gasteiger partial charge on any atom is -0.395 e. The standard InChI is InChI=1S/C22H22FN3O3/c1-2-26-14-15(16-7-4-6-10-20(16)26)13-19(22(29)24-11-12-27)25-21(28)17-8-3-5-9-18(17)23/h3-10,13-14,27H,2,11-12H2,1H3,(H,24,29)(H,25,28). The van der Waals surface area contributed by atoms with Gasteiger partial charge in [0.2, 0.25) is 0 Å². The fourth-order valence-corrected chi connectivity index (χ4v) is 3.07. The van der Waals surface area contributed by atoms with E-state index in [2.05, 4.69) is 10.6 Å². The van der Waals surface area contributed by atoms with Gasteiger partial charge in [0.1, 0.15) is 11.5 Å². The van der Waals surface area contributed by atoms with E-state index in [9.17, 15) is 14.0 Å². The molecule has 0 fully saturated rings. The molecular weight excluding hydrogens is 373 g/mol. The number of carbonyl (C=O) groups is 2. The highest BCUT2D eigenvalue weighted by Gasteiger charge is 2.18. The molecule has 0 radical (unpaired) electrons. The van der Waals surface area contributed by atoms with Gasteiger partial charge in [0.05, 0.1) is 12.2 Å². The number of hydrogen-bond acceptors (Lipinski definition) is 3. The van der Waals surface area contributed by atoms with Crippen molar-refractivity contribution in [3.05, 3.63) is 77.4 Å². The number of fused-ring (bicyclic) bond motifs is 1. The molecule has 0 bridgehead atoms. The van der Waals surface area contributed by atoms with Crippen LogP contribution in [0.4, 0.5) is 4.39 Å². The fourth-order valence-electron chi connectivity index (χ4n) is 3.07. The second kappa shape index (κ2) is 9.16. The van der Waals surface area contributed by atoms with Gasteiger partial charge in [-0.25, -0.2) is 4.39 Å². The zero-order valence-electron chi connectivity index (χ0n) is 16.0. The summed E-state index contributed by atoms with van der Waals surface area (Å²) in [4.78, 5) is 25.1. The lowest BCUT2D eigenvalue weighted by Gasteiger charge is -2.11. The average Bonchev–Trinajstić information content (AvgIpc) is 3.09. The van der Waals surface area contributed by atoms with Crippen LogP contribution in [0.5, 0.6) is 0 Å². The first kappa shape index (κ1) is 20.3. The van der Waals surface area contributed by atoms with Crippen LogP contribution in [0.2, 0.25) is 0 Å². The first-order valence-electron chi connectivity index (χ1n) is 9.29. The number of nitrogens with one attached hydrogen (secondary N) is 2. The van der Waals surface area contributed by atoms with Crippen LogP contribution in [0.15, 0.2) is 60.4 Å². The van der Waals surface area contributed by atoms with Gasteiger partial charge in [0, 0.05) is 35.8 Å². The van der Waals surface area contributed by atoms with Crippen molar-refractivity contribution >= 4 is 28.8 Å². The monoisotopic (exact) mass is 395 g/mol. The zero-order valence-corrected chi connectivity index (χ0v) is 16.0. The molecule has 150 valence electrons. The topological polar surface area (TPSA) is 83.4 Å². The van der Waals surface area contributed by atoms with E-state index in [-0.39, 0.29) is 24.4 Å². The first-order valence-corrected chi connectivity index (χ1v) is 9.29. The molecule has 2 aromatic carbocycles. The largest absolute Gasteiger partial charge is 0.395 e. The zero-order chi connectivity index (χ0) is 20.8. The van der Waals surface area contributed by atoms with E-state index in [4.69, 9.17) is 5.11 Å². The molecular formula is C22H22FN3O3. The number of carbonyl (C=O) groups excluding carboxylic acids is 2. The predicted octanol–water partition coefficient (Wildman–Crippen LogP) is 2.68. The van der Waals surface area contributed by atoms with Crippen LogP contribution < -0.4 is 10.6 Å². The number of nitrogens with zero attached hydrogens (tertiary/aromatic N) is 1. The van der Waals surface area contributed by atoms with Crippen molar-refractivity contribution in [2.45, 2.75) is 13.5 Å². The summed E-state index contributed by atoms with van der Waals surface area (Å²) in [5, 5.41) is 14.9. The smallest absolute Gasteiger partial charge is 0.267 e. The molecule has 1 heterocycles. The molecule has 1 aromatic heterocycles. The second-order valence-corrected chi connectivity index (χ2v) is 6.36. The molecule has 0 spiro atoms. The highest BCUT2D eigenvalue weighted by molar-refractivity contribution is 6.06. The number of halogens is 1. The lowest BCUT2D eigenvalue weighted by molar-refractivity contribution is -0.117. The summed E-state index contributed by atoms with van der Waals surface area (Å²) in [7, 11) is 0. The summed E-state index contributed by atoms with van der Waals surface area (Å²) in [6, 6.07) is 13.3. The van der Waals surface area contributed by atoms with Gasteiger partial charge >= 0.3 is 0 Å². The van der Waals surface area contributed by atoms with Crippen molar-refractivity contribution in [2.24, 2.45) is 0 Å². The van der Waals surface area contributed by atoms with Crippen molar-refractivity contribution in [3.8, 4) is 0 Å². The number of benzene rings is 2. The molecule has 29 heavy (non-hydrogen) atoms. The molecule has 0 saturated heterocycles. The maximum atomic E-state index is 14.0. The highest BCUT2D eigenvalue weighted by Crippen LogP contribution is 2.23. The lowest BCUT2D eigenvalue weighted by atomic mass is 10.1. The van der Waals surface area contributed by atoms with Crippen molar-refractivity contribution in [2.75, 3.05) is 13.2 Å². The van der Waals surface area contributed by atoms with Crippen LogP contribution in [-0.2, 0) is 11.3 Å². The molecule has 7 heteroatoms. The number of rotatable bonds is 7. The fraction of sp³-hybridized carbons (Fsp3) is 0.182. The summed E-state index contributed by atoms with van der Waals surface area (Å²) in [5.74, 6) is -1.98. The summed E-state index contributed by atoms with van der Waals surface area (Å²) < 4.78 is 16.0. The van der Waals surface area contributed by atoms with Crippen molar-refractivity contribution in [1.82, 2.24) is 15.2 Å². The van der Waals surface area contributed by atoms with Gasteiger partial charge in [-0.05, 0) is 31.2 Å². The predicted molar refractivity (Wildman–Crippen MR) is 110 cm³/mol. The Morgan fingerprint density at radius 1 is 1.14 bits per heavy atom. The van der Waals surface area contributed by atoms with Crippen LogP contribution in [-0.4, -0.2) is 34.6 Å². The normalized spacial score (nSPS) is 11.5. The number of aliphatic hydroxyl groups excluding tert-OH is 1. The van der Waals surface area contributed by atoms with E-state index < -0.39 is 17.6 Å². The first-order chi connectivity index (χ1) is 14.0. The van der Waals surface area contributed by atoms with E-state index >= 15 is 0 Å². The Morgan fingerprint density at radius 2 is 1.86 bits per heavy atom. The summed E-state index contributed by atoms with van der Waals surface area (Å²) >= 11 is 0. The molecule has 0 aliphatic rings. The third kappa shape index (κ3) is 4.52. The molecule has 0 saturated carbocycles. The van der Waals surface area contributed by atoms with Crippen molar-refractivity contribution < 1.29 is 19.1 Å². The van der Waals surface area contributed by atoms with Gasteiger partial charge in [-0.2, -0.15) is 0 Å². The Bertz CT molecular complexity index is 1070. The van der Waals surface area contributed by atoms with E-state index in [1.807, 2.05) is 42.0 Å². The Labute approximate surface area is 167 Å². The van der Waals surface area contributed by atoms with E-state index in [0.717, 1.165) is 23.0 Å². The molecule has 6 nitrogen and oxygen atoms in total. The maximum Gasteiger partial charge on any atom is 0.267 e. The van der Waals surface area contributed by atoms with Crippen LogP contribution >= 0.6 is 0 Å². The van der Waals surface area contributed by atoms with Crippen molar-refractivity contribution in [1.29, 1.82) is 0 Å².